The lowest BCUT2D eigenvalue weighted by molar-refractivity contribution is -0.138. The first-order chi connectivity index (χ1) is 6.88. The van der Waals surface area contributed by atoms with Crippen LogP contribution in [0.4, 0.5) is 0 Å². The van der Waals surface area contributed by atoms with Crippen molar-refractivity contribution in [2.75, 3.05) is 6.54 Å². The first kappa shape index (κ1) is 11.8. The summed E-state index contributed by atoms with van der Waals surface area (Å²) in [5.74, 6) is -0.131. The SMILES string of the molecule is C=CCN1C(=O)C(C)(C)NC(=O)CC1C. The molecule has 15 heavy (non-hydrogen) atoms. The van der Waals surface area contributed by atoms with Gasteiger partial charge in [-0.2, -0.15) is 0 Å². The van der Waals surface area contributed by atoms with E-state index in [9.17, 15) is 9.59 Å². The number of carbonyl (C=O) groups excluding carboxylic acids is 2. The van der Waals surface area contributed by atoms with Crippen molar-refractivity contribution in [3.63, 3.8) is 0 Å². The molecular formula is C11H18N2O2. The van der Waals surface area contributed by atoms with Crippen molar-refractivity contribution in [1.29, 1.82) is 0 Å². The van der Waals surface area contributed by atoms with Gasteiger partial charge in [-0.1, -0.05) is 6.08 Å². The molecule has 1 atom stereocenters. The fourth-order valence-corrected chi connectivity index (χ4v) is 1.79. The molecule has 2 amide bonds. The average molecular weight is 210 g/mol. The maximum atomic E-state index is 12.1. The van der Waals surface area contributed by atoms with Gasteiger partial charge >= 0.3 is 0 Å². The van der Waals surface area contributed by atoms with Crippen molar-refractivity contribution in [2.45, 2.75) is 38.8 Å². The molecule has 0 aromatic heterocycles. The van der Waals surface area contributed by atoms with Crippen molar-refractivity contribution < 1.29 is 9.59 Å². The molecule has 0 saturated carbocycles. The monoisotopic (exact) mass is 210 g/mol. The number of rotatable bonds is 2. The van der Waals surface area contributed by atoms with Crippen LogP contribution in [0.25, 0.3) is 0 Å². The van der Waals surface area contributed by atoms with Crippen LogP contribution in [0.5, 0.6) is 0 Å². The van der Waals surface area contributed by atoms with Gasteiger partial charge < -0.3 is 10.2 Å². The van der Waals surface area contributed by atoms with Crippen LogP contribution in [-0.4, -0.2) is 34.8 Å². The number of carbonyl (C=O) groups is 2. The van der Waals surface area contributed by atoms with Crippen LogP contribution >= 0.6 is 0 Å². The lowest BCUT2D eigenvalue weighted by Gasteiger charge is -2.31. The molecular weight excluding hydrogens is 192 g/mol. The van der Waals surface area contributed by atoms with Crippen molar-refractivity contribution in [2.24, 2.45) is 0 Å². The first-order valence-electron chi connectivity index (χ1n) is 5.11. The third kappa shape index (κ3) is 2.37. The minimum absolute atomic E-state index is 0.0549. The van der Waals surface area contributed by atoms with Gasteiger partial charge in [-0.15, -0.1) is 6.58 Å². The minimum Gasteiger partial charge on any atom is -0.342 e. The Hall–Kier alpha value is -1.32. The fraction of sp³-hybridized carbons (Fsp3) is 0.636. The molecule has 1 N–H and O–H groups in total. The molecule has 4 heteroatoms. The molecule has 1 rings (SSSR count). The van der Waals surface area contributed by atoms with Crippen LogP contribution in [-0.2, 0) is 9.59 Å². The molecule has 4 nitrogen and oxygen atoms in total. The predicted octanol–water partition coefficient (Wildman–Crippen LogP) is 0.688. The number of nitrogens with zero attached hydrogens (tertiary/aromatic N) is 1. The normalized spacial score (nSPS) is 25.8. The van der Waals surface area contributed by atoms with E-state index in [1.54, 1.807) is 24.8 Å². The summed E-state index contributed by atoms with van der Waals surface area (Å²) in [6, 6.07) is -0.0720. The summed E-state index contributed by atoms with van der Waals surface area (Å²) < 4.78 is 0. The smallest absolute Gasteiger partial charge is 0.248 e. The van der Waals surface area contributed by atoms with E-state index in [2.05, 4.69) is 11.9 Å². The second-order valence-electron chi connectivity index (χ2n) is 4.47. The highest BCUT2D eigenvalue weighted by molar-refractivity contribution is 5.93. The van der Waals surface area contributed by atoms with Crippen LogP contribution in [0.3, 0.4) is 0 Å². The Balaban J connectivity index is 2.99. The molecule has 1 unspecified atom stereocenters. The Morgan fingerprint density at radius 2 is 2.20 bits per heavy atom. The Morgan fingerprint density at radius 3 is 2.73 bits per heavy atom. The second kappa shape index (κ2) is 4.04. The van der Waals surface area contributed by atoms with Gasteiger partial charge in [0.15, 0.2) is 0 Å². The molecule has 0 bridgehead atoms. The van der Waals surface area contributed by atoms with Gasteiger partial charge in [0, 0.05) is 19.0 Å². The summed E-state index contributed by atoms with van der Waals surface area (Å²) >= 11 is 0. The Morgan fingerprint density at radius 1 is 1.60 bits per heavy atom. The van der Waals surface area contributed by atoms with Gasteiger partial charge in [0.25, 0.3) is 0 Å². The molecule has 0 aromatic rings. The highest BCUT2D eigenvalue weighted by Crippen LogP contribution is 2.17. The van der Waals surface area contributed by atoms with Crippen LogP contribution in [0.2, 0.25) is 0 Å². The highest BCUT2D eigenvalue weighted by atomic mass is 16.2. The van der Waals surface area contributed by atoms with Gasteiger partial charge in [-0.05, 0) is 20.8 Å². The summed E-state index contributed by atoms with van der Waals surface area (Å²) in [7, 11) is 0. The third-order valence-corrected chi connectivity index (χ3v) is 2.59. The quantitative estimate of drug-likeness (QED) is 0.682. The van der Waals surface area contributed by atoms with Crippen LogP contribution < -0.4 is 5.32 Å². The third-order valence-electron chi connectivity index (χ3n) is 2.59. The molecule has 0 aliphatic carbocycles. The zero-order valence-electron chi connectivity index (χ0n) is 9.54. The standard InChI is InChI=1S/C11H18N2O2/c1-5-6-13-8(2)7-9(14)12-11(3,4)10(13)15/h5,8H,1,6-7H2,2-4H3,(H,12,14). The number of amides is 2. The molecule has 1 saturated heterocycles. The zero-order valence-corrected chi connectivity index (χ0v) is 9.54. The van der Waals surface area contributed by atoms with Crippen LogP contribution in [0.1, 0.15) is 27.2 Å². The lowest BCUT2D eigenvalue weighted by atomic mass is 10.0. The van der Waals surface area contributed by atoms with E-state index in [1.807, 2.05) is 6.92 Å². The molecule has 1 heterocycles. The van der Waals surface area contributed by atoms with Crippen molar-refractivity contribution in [3.8, 4) is 0 Å². The zero-order chi connectivity index (χ0) is 11.6. The van der Waals surface area contributed by atoms with Crippen LogP contribution in [0, 0.1) is 0 Å². The molecule has 1 fully saturated rings. The van der Waals surface area contributed by atoms with Crippen molar-refractivity contribution >= 4 is 11.8 Å². The van der Waals surface area contributed by atoms with Gasteiger partial charge in [0.2, 0.25) is 11.8 Å². The molecule has 0 spiro atoms. The topological polar surface area (TPSA) is 49.4 Å². The molecule has 0 aromatic carbocycles. The second-order valence-corrected chi connectivity index (χ2v) is 4.47. The van der Waals surface area contributed by atoms with Crippen molar-refractivity contribution in [1.82, 2.24) is 10.2 Å². The van der Waals surface area contributed by atoms with E-state index in [0.717, 1.165) is 0 Å². The Kier molecular flexibility index (Phi) is 3.17. The number of nitrogens with one attached hydrogen (secondary N) is 1. The summed E-state index contributed by atoms with van der Waals surface area (Å²) in [4.78, 5) is 25.3. The number of hydrogen-bond donors (Lipinski definition) is 1. The maximum Gasteiger partial charge on any atom is 0.248 e. The van der Waals surface area contributed by atoms with E-state index in [0.29, 0.717) is 13.0 Å². The Labute approximate surface area is 90.3 Å². The van der Waals surface area contributed by atoms with E-state index in [-0.39, 0.29) is 17.9 Å². The van der Waals surface area contributed by atoms with E-state index >= 15 is 0 Å². The first-order valence-corrected chi connectivity index (χ1v) is 5.11. The van der Waals surface area contributed by atoms with Gasteiger partial charge in [-0.25, -0.2) is 0 Å². The minimum atomic E-state index is -0.815. The Bertz CT molecular complexity index is 297. The number of hydrogen-bond acceptors (Lipinski definition) is 2. The molecule has 1 aliphatic rings. The average Bonchev–Trinajstić information content (AvgIpc) is 2.16. The van der Waals surface area contributed by atoms with Crippen molar-refractivity contribution in [3.05, 3.63) is 12.7 Å². The summed E-state index contributed by atoms with van der Waals surface area (Å²) in [6.07, 6.45) is 2.03. The van der Waals surface area contributed by atoms with Crippen LogP contribution in [0.15, 0.2) is 12.7 Å². The molecule has 0 radical (unpaired) electrons. The molecule has 84 valence electrons. The molecule has 1 aliphatic heterocycles. The summed E-state index contributed by atoms with van der Waals surface area (Å²) in [5, 5.41) is 2.72. The summed E-state index contributed by atoms with van der Waals surface area (Å²) in [6.45, 7) is 9.43. The van der Waals surface area contributed by atoms with E-state index in [4.69, 9.17) is 0 Å². The van der Waals surface area contributed by atoms with E-state index < -0.39 is 5.54 Å². The van der Waals surface area contributed by atoms with Gasteiger partial charge in [0.05, 0.1) is 0 Å². The van der Waals surface area contributed by atoms with Gasteiger partial charge in [-0.3, -0.25) is 9.59 Å². The maximum absolute atomic E-state index is 12.1. The lowest BCUT2D eigenvalue weighted by Crippen LogP contribution is -2.53. The van der Waals surface area contributed by atoms with E-state index in [1.165, 1.54) is 0 Å². The van der Waals surface area contributed by atoms with Gasteiger partial charge in [0.1, 0.15) is 5.54 Å². The fourth-order valence-electron chi connectivity index (χ4n) is 1.79. The summed E-state index contributed by atoms with van der Waals surface area (Å²) in [5.41, 5.74) is -0.815. The largest absolute Gasteiger partial charge is 0.342 e. The predicted molar refractivity (Wildman–Crippen MR) is 58.2 cm³/mol. The highest BCUT2D eigenvalue weighted by Gasteiger charge is 2.38.